The van der Waals surface area contributed by atoms with E-state index in [0.717, 1.165) is 0 Å². The van der Waals surface area contributed by atoms with E-state index in [1.54, 1.807) is 11.3 Å². The summed E-state index contributed by atoms with van der Waals surface area (Å²) in [5.74, 6) is 0. The van der Waals surface area contributed by atoms with Gasteiger partial charge in [0, 0.05) is 24.5 Å². The van der Waals surface area contributed by atoms with E-state index in [2.05, 4.69) is 48.6 Å². The van der Waals surface area contributed by atoms with Gasteiger partial charge in [0.05, 0.1) is 0 Å². The van der Waals surface area contributed by atoms with Crippen molar-refractivity contribution in [2.45, 2.75) is 0 Å². The molecule has 0 atom stereocenters. The standard InChI is InChI=1S/C10H11NS/c1-11(2)9-3-4-10-8(7-9)5-6-12-10/h3-7H,1-2H3. The largest absolute Gasteiger partial charge is 0.378 e. The van der Waals surface area contributed by atoms with E-state index in [0.29, 0.717) is 0 Å². The molecule has 2 heteroatoms. The summed E-state index contributed by atoms with van der Waals surface area (Å²) < 4.78 is 1.36. The summed E-state index contributed by atoms with van der Waals surface area (Å²) in [6.45, 7) is 0. The second-order valence-corrected chi connectivity index (χ2v) is 3.98. The fraction of sp³-hybridized carbons (Fsp3) is 0.200. The Morgan fingerprint density at radius 2 is 2.00 bits per heavy atom. The van der Waals surface area contributed by atoms with E-state index in [4.69, 9.17) is 0 Å². The highest BCUT2D eigenvalue weighted by Gasteiger charge is 1.97. The number of hydrogen-bond acceptors (Lipinski definition) is 2. The Kier molecular flexibility index (Phi) is 1.77. The monoisotopic (exact) mass is 177 g/mol. The molecule has 62 valence electrons. The maximum Gasteiger partial charge on any atom is 0.0368 e. The Hall–Kier alpha value is -1.02. The number of nitrogens with zero attached hydrogens (tertiary/aromatic N) is 1. The van der Waals surface area contributed by atoms with E-state index in [-0.39, 0.29) is 0 Å². The van der Waals surface area contributed by atoms with Gasteiger partial charge in [-0.25, -0.2) is 0 Å². The van der Waals surface area contributed by atoms with Gasteiger partial charge in [0.1, 0.15) is 0 Å². The van der Waals surface area contributed by atoms with Crippen LogP contribution in [0.5, 0.6) is 0 Å². The quantitative estimate of drug-likeness (QED) is 0.647. The molecule has 0 amide bonds. The minimum Gasteiger partial charge on any atom is -0.378 e. The molecule has 12 heavy (non-hydrogen) atoms. The smallest absolute Gasteiger partial charge is 0.0368 e. The van der Waals surface area contributed by atoms with Crippen LogP contribution in [0.15, 0.2) is 29.6 Å². The van der Waals surface area contributed by atoms with Crippen LogP contribution in [0.3, 0.4) is 0 Å². The molecule has 1 heterocycles. The van der Waals surface area contributed by atoms with E-state index in [9.17, 15) is 0 Å². The molecule has 2 rings (SSSR count). The first-order valence-electron chi connectivity index (χ1n) is 3.92. The highest BCUT2D eigenvalue weighted by molar-refractivity contribution is 7.17. The Labute approximate surface area is 76.2 Å². The number of thiophene rings is 1. The molecule has 0 unspecified atom stereocenters. The number of anilines is 1. The normalized spacial score (nSPS) is 10.5. The predicted octanol–water partition coefficient (Wildman–Crippen LogP) is 2.97. The summed E-state index contributed by atoms with van der Waals surface area (Å²) in [6.07, 6.45) is 0. The molecule has 0 N–H and O–H groups in total. The summed E-state index contributed by atoms with van der Waals surface area (Å²) in [7, 11) is 4.13. The Morgan fingerprint density at radius 3 is 2.75 bits per heavy atom. The van der Waals surface area contributed by atoms with Crippen LogP contribution in [0, 0.1) is 0 Å². The van der Waals surface area contributed by atoms with E-state index >= 15 is 0 Å². The minimum atomic E-state index is 1.26. The summed E-state index contributed by atoms with van der Waals surface area (Å²) in [6, 6.07) is 8.70. The molecule has 0 bridgehead atoms. The first-order valence-corrected chi connectivity index (χ1v) is 4.80. The van der Waals surface area contributed by atoms with Crippen LogP contribution in [0.4, 0.5) is 5.69 Å². The van der Waals surface area contributed by atoms with Crippen LogP contribution in [0.25, 0.3) is 10.1 Å². The number of hydrogen-bond donors (Lipinski definition) is 0. The molecule has 1 nitrogen and oxygen atoms in total. The van der Waals surface area contributed by atoms with E-state index in [1.807, 2.05) is 0 Å². The highest BCUT2D eigenvalue weighted by Crippen LogP contribution is 2.24. The molecule has 2 aromatic rings. The molecular formula is C10H11NS. The van der Waals surface area contributed by atoms with Crippen molar-refractivity contribution in [2.24, 2.45) is 0 Å². The van der Waals surface area contributed by atoms with Crippen molar-refractivity contribution in [1.29, 1.82) is 0 Å². The second kappa shape index (κ2) is 2.79. The van der Waals surface area contributed by atoms with Gasteiger partial charge >= 0.3 is 0 Å². The molecule has 0 fully saturated rings. The zero-order chi connectivity index (χ0) is 8.55. The Morgan fingerprint density at radius 1 is 1.17 bits per heavy atom. The average Bonchev–Trinajstić information content (AvgIpc) is 2.49. The van der Waals surface area contributed by atoms with Gasteiger partial charge in [-0.3, -0.25) is 0 Å². The molecule has 0 saturated carbocycles. The molecule has 0 radical (unpaired) electrons. The average molecular weight is 177 g/mol. The number of rotatable bonds is 1. The van der Waals surface area contributed by atoms with Crippen LogP contribution in [-0.4, -0.2) is 14.1 Å². The molecule has 0 saturated heterocycles. The third-order valence-electron chi connectivity index (χ3n) is 1.95. The molecule has 0 spiro atoms. The van der Waals surface area contributed by atoms with Gasteiger partial charge in [-0.2, -0.15) is 0 Å². The molecular weight excluding hydrogens is 166 g/mol. The SMILES string of the molecule is CN(C)c1ccc2sccc2c1. The van der Waals surface area contributed by atoms with E-state index < -0.39 is 0 Å². The first-order chi connectivity index (χ1) is 5.77. The third-order valence-corrected chi connectivity index (χ3v) is 2.85. The molecule has 0 aliphatic heterocycles. The van der Waals surface area contributed by atoms with E-state index in [1.165, 1.54) is 15.8 Å². The lowest BCUT2D eigenvalue weighted by atomic mass is 10.2. The number of fused-ring (bicyclic) bond motifs is 1. The minimum absolute atomic E-state index is 1.26. The van der Waals surface area contributed by atoms with Crippen molar-refractivity contribution >= 4 is 27.1 Å². The van der Waals surface area contributed by atoms with Crippen molar-refractivity contribution < 1.29 is 0 Å². The summed E-state index contributed by atoms with van der Waals surface area (Å²) in [5, 5.41) is 3.47. The zero-order valence-electron chi connectivity index (χ0n) is 7.24. The van der Waals surface area contributed by atoms with Crippen molar-refractivity contribution in [1.82, 2.24) is 0 Å². The topological polar surface area (TPSA) is 3.24 Å². The van der Waals surface area contributed by atoms with Crippen LogP contribution >= 0.6 is 11.3 Å². The van der Waals surface area contributed by atoms with Gasteiger partial charge in [0.2, 0.25) is 0 Å². The highest BCUT2D eigenvalue weighted by atomic mass is 32.1. The second-order valence-electron chi connectivity index (χ2n) is 3.04. The van der Waals surface area contributed by atoms with Crippen LogP contribution < -0.4 is 4.90 Å². The van der Waals surface area contributed by atoms with Gasteiger partial charge in [0.15, 0.2) is 0 Å². The molecule has 1 aromatic carbocycles. The lowest BCUT2D eigenvalue weighted by Gasteiger charge is -2.11. The molecule has 0 aliphatic rings. The van der Waals surface area contributed by atoms with Gasteiger partial charge in [-0.15, -0.1) is 11.3 Å². The Bertz CT molecular complexity index is 389. The van der Waals surface area contributed by atoms with Gasteiger partial charge in [0.25, 0.3) is 0 Å². The first kappa shape index (κ1) is 7.62. The van der Waals surface area contributed by atoms with Crippen LogP contribution in [-0.2, 0) is 0 Å². The lowest BCUT2D eigenvalue weighted by molar-refractivity contribution is 1.14. The molecule has 0 aliphatic carbocycles. The van der Waals surface area contributed by atoms with Crippen molar-refractivity contribution in [2.75, 3.05) is 19.0 Å². The summed E-state index contributed by atoms with van der Waals surface area (Å²) in [4.78, 5) is 2.12. The summed E-state index contributed by atoms with van der Waals surface area (Å²) >= 11 is 1.79. The van der Waals surface area contributed by atoms with Gasteiger partial charge < -0.3 is 4.90 Å². The zero-order valence-corrected chi connectivity index (χ0v) is 8.06. The van der Waals surface area contributed by atoms with Crippen molar-refractivity contribution in [3.05, 3.63) is 29.6 Å². The third kappa shape index (κ3) is 1.18. The number of benzene rings is 1. The van der Waals surface area contributed by atoms with Crippen molar-refractivity contribution in [3.63, 3.8) is 0 Å². The van der Waals surface area contributed by atoms with Crippen LogP contribution in [0.1, 0.15) is 0 Å². The fourth-order valence-electron chi connectivity index (χ4n) is 1.23. The fourth-order valence-corrected chi connectivity index (χ4v) is 2.00. The van der Waals surface area contributed by atoms with Gasteiger partial charge in [-0.05, 0) is 35.0 Å². The Balaban J connectivity index is 2.60. The van der Waals surface area contributed by atoms with Gasteiger partial charge in [-0.1, -0.05) is 0 Å². The predicted molar refractivity (Wildman–Crippen MR) is 56.2 cm³/mol. The maximum absolute atomic E-state index is 2.21. The maximum atomic E-state index is 2.21. The summed E-state index contributed by atoms with van der Waals surface area (Å²) in [5.41, 5.74) is 1.26. The van der Waals surface area contributed by atoms with Crippen LogP contribution in [0.2, 0.25) is 0 Å². The van der Waals surface area contributed by atoms with Crippen molar-refractivity contribution in [3.8, 4) is 0 Å². The lowest BCUT2D eigenvalue weighted by Crippen LogP contribution is -2.07. The molecule has 1 aromatic heterocycles.